The molecule has 0 saturated carbocycles. The minimum Gasteiger partial charge on any atom is -0.396 e. The quantitative estimate of drug-likeness (QED) is 0.738. The maximum Gasteiger partial charge on any atom is 0.0437 e. The summed E-state index contributed by atoms with van der Waals surface area (Å²) >= 11 is 0. The first-order valence-corrected chi connectivity index (χ1v) is 7.41. The summed E-state index contributed by atoms with van der Waals surface area (Å²) < 4.78 is 0. The summed E-state index contributed by atoms with van der Waals surface area (Å²) in [6.45, 7) is 2.32. The zero-order valence-corrected chi connectivity index (χ0v) is 11.6. The molecule has 0 aliphatic heterocycles. The monoisotopic (exact) mass is 259 g/mol. The molecule has 2 unspecified atom stereocenters. The van der Waals surface area contributed by atoms with Gasteiger partial charge in [-0.15, -0.1) is 0 Å². The lowest BCUT2D eigenvalue weighted by molar-refractivity contribution is 0.272. The van der Waals surface area contributed by atoms with Crippen LogP contribution < -0.4 is 5.32 Å². The Morgan fingerprint density at radius 1 is 1.21 bits per heavy atom. The second-order valence-electron chi connectivity index (χ2n) is 5.43. The van der Waals surface area contributed by atoms with Gasteiger partial charge in [-0.2, -0.15) is 0 Å². The predicted octanol–water partition coefficient (Wildman–Crippen LogP) is 3.10. The molecule has 2 nitrogen and oxygen atoms in total. The molecule has 1 aromatic carbocycles. The standard InChI is InChI=1S/C17H25NO/c19-12-11-17(16-9-5-2-6-10-16)14-18-13-15-7-3-1-4-8-15/h1-3,5-6,9-10,15,17-19H,4,7-8,11-14H2. The molecule has 2 N–H and O–H groups in total. The molecule has 0 radical (unpaired) electrons. The van der Waals surface area contributed by atoms with Gasteiger partial charge in [-0.25, -0.2) is 0 Å². The number of nitrogens with one attached hydrogen (secondary N) is 1. The summed E-state index contributed by atoms with van der Waals surface area (Å²) in [6, 6.07) is 10.5. The van der Waals surface area contributed by atoms with Crippen LogP contribution in [0.5, 0.6) is 0 Å². The predicted molar refractivity (Wildman–Crippen MR) is 80.2 cm³/mol. The maximum atomic E-state index is 9.21. The average molecular weight is 259 g/mol. The summed E-state index contributed by atoms with van der Waals surface area (Å²) in [5.41, 5.74) is 1.33. The van der Waals surface area contributed by atoms with E-state index in [1.54, 1.807) is 0 Å². The fourth-order valence-electron chi connectivity index (χ4n) is 2.77. The third-order valence-corrected chi connectivity index (χ3v) is 3.95. The second-order valence-corrected chi connectivity index (χ2v) is 5.43. The van der Waals surface area contributed by atoms with Crippen molar-refractivity contribution in [3.63, 3.8) is 0 Å². The number of allylic oxidation sites excluding steroid dienone is 2. The van der Waals surface area contributed by atoms with E-state index in [1.165, 1.54) is 24.8 Å². The Labute approximate surface area is 116 Å². The van der Waals surface area contributed by atoms with Crippen LogP contribution in [0, 0.1) is 5.92 Å². The number of rotatable bonds is 7. The second kappa shape index (κ2) is 8.13. The molecule has 1 aliphatic carbocycles. The highest BCUT2D eigenvalue weighted by molar-refractivity contribution is 5.19. The number of benzene rings is 1. The largest absolute Gasteiger partial charge is 0.396 e. The molecule has 2 atom stereocenters. The topological polar surface area (TPSA) is 32.3 Å². The van der Waals surface area contributed by atoms with Crippen LogP contribution in [0.1, 0.15) is 37.2 Å². The van der Waals surface area contributed by atoms with Crippen LogP contribution in [-0.4, -0.2) is 24.8 Å². The summed E-state index contributed by atoms with van der Waals surface area (Å²) in [4.78, 5) is 0. The molecule has 0 fully saturated rings. The summed E-state index contributed by atoms with van der Waals surface area (Å²) in [5, 5.41) is 12.8. The smallest absolute Gasteiger partial charge is 0.0437 e. The van der Waals surface area contributed by atoms with Crippen LogP contribution in [-0.2, 0) is 0 Å². The third-order valence-electron chi connectivity index (χ3n) is 3.95. The molecule has 19 heavy (non-hydrogen) atoms. The number of aliphatic hydroxyl groups is 1. The number of aliphatic hydroxyl groups excluding tert-OH is 1. The van der Waals surface area contributed by atoms with Crippen molar-refractivity contribution >= 4 is 0 Å². The van der Waals surface area contributed by atoms with E-state index in [1.807, 2.05) is 6.07 Å². The molecular weight excluding hydrogens is 234 g/mol. The van der Waals surface area contributed by atoms with Crippen LogP contribution in [0.25, 0.3) is 0 Å². The van der Waals surface area contributed by atoms with E-state index in [0.717, 1.165) is 25.4 Å². The van der Waals surface area contributed by atoms with E-state index < -0.39 is 0 Å². The maximum absolute atomic E-state index is 9.21. The van der Waals surface area contributed by atoms with Gasteiger partial charge in [-0.1, -0.05) is 42.5 Å². The van der Waals surface area contributed by atoms with Gasteiger partial charge in [0.2, 0.25) is 0 Å². The normalized spacial score (nSPS) is 20.4. The lowest BCUT2D eigenvalue weighted by Crippen LogP contribution is -2.28. The van der Waals surface area contributed by atoms with Crippen molar-refractivity contribution in [3.8, 4) is 0 Å². The van der Waals surface area contributed by atoms with Crippen LogP contribution in [0.2, 0.25) is 0 Å². The SMILES string of the molecule is OCCC(CNCC1CC=CCC1)c1ccccc1. The Hall–Kier alpha value is -1.12. The van der Waals surface area contributed by atoms with Gasteiger partial charge in [-0.3, -0.25) is 0 Å². The number of hydrogen-bond acceptors (Lipinski definition) is 2. The summed E-state index contributed by atoms with van der Waals surface area (Å²) in [6.07, 6.45) is 9.17. The van der Waals surface area contributed by atoms with Gasteiger partial charge in [0.1, 0.15) is 0 Å². The van der Waals surface area contributed by atoms with E-state index in [2.05, 4.69) is 41.7 Å². The van der Waals surface area contributed by atoms with Crippen molar-refractivity contribution in [2.75, 3.05) is 19.7 Å². The highest BCUT2D eigenvalue weighted by Gasteiger charge is 2.13. The van der Waals surface area contributed by atoms with Crippen molar-refractivity contribution in [1.82, 2.24) is 5.32 Å². The van der Waals surface area contributed by atoms with Crippen molar-refractivity contribution in [2.24, 2.45) is 5.92 Å². The van der Waals surface area contributed by atoms with Crippen LogP contribution >= 0.6 is 0 Å². The van der Waals surface area contributed by atoms with Crippen LogP contribution in [0.3, 0.4) is 0 Å². The lowest BCUT2D eigenvalue weighted by atomic mass is 9.93. The Morgan fingerprint density at radius 2 is 2.05 bits per heavy atom. The Balaban J connectivity index is 1.79. The van der Waals surface area contributed by atoms with E-state index in [-0.39, 0.29) is 6.61 Å². The zero-order valence-electron chi connectivity index (χ0n) is 11.6. The van der Waals surface area contributed by atoms with Gasteiger partial charge < -0.3 is 10.4 Å². The van der Waals surface area contributed by atoms with Crippen molar-refractivity contribution in [2.45, 2.75) is 31.6 Å². The molecule has 0 heterocycles. The van der Waals surface area contributed by atoms with Gasteiger partial charge in [-0.05, 0) is 49.6 Å². The highest BCUT2D eigenvalue weighted by atomic mass is 16.3. The number of hydrogen-bond donors (Lipinski definition) is 2. The molecule has 0 amide bonds. The molecule has 0 saturated heterocycles. The molecule has 2 rings (SSSR count). The molecular formula is C17H25NO. The average Bonchev–Trinajstić information content (AvgIpc) is 2.48. The molecule has 2 heteroatoms. The molecule has 0 spiro atoms. The van der Waals surface area contributed by atoms with Gasteiger partial charge >= 0.3 is 0 Å². The van der Waals surface area contributed by atoms with Crippen molar-refractivity contribution in [1.29, 1.82) is 0 Å². The van der Waals surface area contributed by atoms with Crippen molar-refractivity contribution < 1.29 is 5.11 Å². The fraction of sp³-hybridized carbons (Fsp3) is 0.529. The molecule has 104 valence electrons. The zero-order chi connectivity index (χ0) is 13.3. The fourth-order valence-corrected chi connectivity index (χ4v) is 2.77. The first kappa shape index (κ1) is 14.3. The molecule has 1 aliphatic rings. The van der Waals surface area contributed by atoms with Crippen LogP contribution in [0.4, 0.5) is 0 Å². The Kier molecular flexibility index (Phi) is 6.12. The minimum absolute atomic E-state index is 0.257. The van der Waals surface area contributed by atoms with Gasteiger partial charge in [0.15, 0.2) is 0 Å². The van der Waals surface area contributed by atoms with Gasteiger partial charge in [0.05, 0.1) is 0 Å². The van der Waals surface area contributed by atoms with E-state index in [9.17, 15) is 5.11 Å². The van der Waals surface area contributed by atoms with Crippen LogP contribution in [0.15, 0.2) is 42.5 Å². The first-order valence-electron chi connectivity index (χ1n) is 7.41. The highest BCUT2D eigenvalue weighted by Crippen LogP contribution is 2.20. The van der Waals surface area contributed by atoms with E-state index >= 15 is 0 Å². The molecule has 0 aromatic heterocycles. The lowest BCUT2D eigenvalue weighted by Gasteiger charge is -2.21. The third kappa shape index (κ3) is 4.81. The van der Waals surface area contributed by atoms with E-state index in [4.69, 9.17) is 0 Å². The summed E-state index contributed by atoms with van der Waals surface area (Å²) in [5.74, 6) is 1.21. The van der Waals surface area contributed by atoms with Gasteiger partial charge in [0, 0.05) is 13.2 Å². The Bertz CT molecular complexity index is 374. The first-order chi connectivity index (χ1) is 9.40. The van der Waals surface area contributed by atoms with Gasteiger partial charge in [0.25, 0.3) is 0 Å². The van der Waals surface area contributed by atoms with E-state index in [0.29, 0.717) is 5.92 Å². The molecule has 0 bridgehead atoms. The summed E-state index contributed by atoms with van der Waals surface area (Å²) in [7, 11) is 0. The van der Waals surface area contributed by atoms with Crippen molar-refractivity contribution in [3.05, 3.63) is 48.0 Å². The Morgan fingerprint density at radius 3 is 2.74 bits per heavy atom. The minimum atomic E-state index is 0.257. The molecule has 1 aromatic rings.